The van der Waals surface area contributed by atoms with E-state index in [0.717, 1.165) is 5.92 Å². The molecule has 0 aliphatic rings. The Morgan fingerprint density at radius 3 is 1.75 bits per heavy atom. The van der Waals surface area contributed by atoms with E-state index in [-0.39, 0.29) is 0 Å². The Bertz CT molecular complexity index is 131. The average molecular weight is 227 g/mol. The van der Waals surface area contributed by atoms with Gasteiger partial charge in [0.25, 0.3) is 0 Å². The second-order valence-electron chi connectivity index (χ2n) is 5.47. The largest absolute Gasteiger partial charge is 0.309 e. The molecule has 0 fully saturated rings. The molecular weight excluding hydrogens is 194 g/mol. The summed E-state index contributed by atoms with van der Waals surface area (Å²) in [4.78, 5) is 2.36. The van der Waals surface area contributed by atoms with Crippen LogP contribution in [0.2, 0.25) is 0 Å². The summed E-state index contributed by atoms with van der Waals surface area (Å²) >= 11 is 0. The van der Waals surface area contributed by atoms with E-state index in [1.165, 1.54) is 64.3 Å². The summed E-state index contributed by atoms with van der Waals surface area (Å²) in [7, 11) is 4.41. The molecule has 1 nitrogen and oxygen atoms in total. The minimum absolute atomic E-state index is 0.943. The molecule has 1 atom stereocenters. The number of hydrogen-bond donors (Lipinski definition) is 0. The highest BCUT2D eigenvalue weighted by atomic mass is 15.1. The molecule has 0 saturated carbocycles. The lowest BCUT2D eigenvalue weighted by molar-refractivity contribution is 0.287. The highest BCUT2D eigenvalue weighted by Gasteiger charge is 2.09. The van der Waals surface area contributed by atoms with Crippen LogP contribution in [0.5, 0.6) is 0 Å². The summed E-state index contributed by atoms with van der Waals surface area (Å²) in [6, 6.07) is 0. The van der Waals surface area contributed by atoms with Crippen molar-refractivity contribution in [1.29, 1.82) is 0 Å². The molecule has 0 amide bonds. The zero-order valence-corrected chi connectivity index (χ0v) is 12.1. The molecule has 0 bridgehead atoms. The van der Waals surface area contributed by atoms with Gasteiger partial charge in [-0.1, -0.05) is 58.8 Å². The van der Waals surface area contributed by atoms with Gasteiger partial charge in [0.15, 0.2) is 0 Å². The maximum atomic E-state index is 2.36. The number of nitrogens with zero attached hydrogens (tertiary/aromatic N) is 1. The van der Waals surface area contributed by atoms with Crippen LogP contribution in [0.1, 0.15) is 71.6 Å². The van der Waals surface area contributed by atoms with Crippen molar-refractivity contribution in [3.8, 4) is 0 Å². The van der Waals surface area contributed by atoms with Gasteiger partial charge in [0.05, 0.1) is 0 Å². The van der Waals surface area contributed by atoms with E-state index in [1.54, 1.807) is 0 Å². The predicted molar refractivity (Wildman–Crippen MR) is 74.9 cm³/mol. The van der Waals surface area contributed by atoms with E-state index in [0.29, 0.717) is 0 Å². The molecule has 0 rings (SSSR count). The molecule has 0 aromatic rings. The van der Waals surface area contributed by atoms with Crippen LogP contribution in [0.4, 0.5) is 0 Å². The van der Waals surface area contributed by atoms with Gasteiger partial charge >= 0.3 is 0 Å². The summed E-state index contributed by atoms with van der Waals surface area (Å²) in [5.74, 6) is 0.943. The Morgan fingerprint density at radius 2 is 1.25 bits per heavy atom. The molecule has 1 unspecified atom stereocenters. The Balaban J connectivity index is 3.63. The quantitative estimate of drug-likeness (QED) is 0.462. The van der Waals surface area contributed by atoms with Crippen molar-refractivity contribution in [2.24, 2.45) is 5.92 Å². The van der Waals surface area contributed by atoms with Crippen molar-refractivity contribution in [1.82, 2.24) is 4.90 Å². The van der Waals surface area contributed by atoms with Crippen molar-refractivity contribution >= 4 is 0 Å². The molecule has 0 radical (unpaired) electrons. The first-order chi connectivity index (χ1) is 7.70. The van der Waals surface area contributed by atoms with Gasteiger partial charge in [-0.15, -0.1) is 0 Å². The molecule has 1 heteroatoms. The van der Waals surface area contributed by atoms with Gasteiger partial charge in [-0.3, -0.25) is 0 Å². The molecular formula is C15H33N. The van der Waals surface area contributed by atoms with Gasteiger partial charge < -0.3 is 4.90 Å². The highest BCUT2D eigenvalue weighted by Crippen LogP contribution is 2.18. The zero-order chi connectivity index (χ0) is 12.2. The molecule has 0 spiro atoms. The maximum absolute atomic E-state index is 2.36. The first-order valence-electron chi connectivity index (χ1n) is 7.35. The minimum Gasteiger partial charge on any atom is -0.309 e. The lowest BCUT2D eigenvalue weighted by atomic mass is 9.94. The molecule has 0 heterocycles. The molecule has 0 aromatic heterocycles. The normalized spacial score (nSPS) is 13.3. The average Bonchev–Trinajstić information content (AvgIpc) is 2.23. The summed E-state index contributed by atoms with van der Waals surface area (Å²) in [6.07, 6.45) is 12.7. The van der Waals surface area contributed by atoms with Crippen molar-refractivity contribution in [2.45, 2.75) is 71.6 Å². The number of unbranched alkanes of at least 4 members (excludes halogenated alkanes) is 5. The van der Waals surface area contributed by atoms with E-state index in [9.17, 15) is 0 Å². The van der Waals surface area contributed by atoms with E-state index in [2.05, 4.69) is 32.8 Å². The fourth-order valence-corrected chi connectivity index (χ4v) is 2.39. The van der Waals surface area contributed by atoms with E-state index in [4.69, 9.17) is 0 Å². The van der Waals surface area contributed by atoms with Gasteiger partial charge in [0, 0.05) is 6.54 Å². The van der Waals surface area contributed by atoms with Crippen molar-refractivity contribution in [3.63, 3.8) is 0 Å². The summed E-state index contributed by atoms with van der Waals surface area (Å²) in [6.45, 7) is 5.87. The van der Waals surface area contributed by atoms with Gasteiger partial charge in [0.2, 0.25) is 0 Å². The van der Waals surface area contributed by atoms with Crippen LogP contribution in [-0.2, 0) is 0 Å². The Labute approximate surface area is 104 Å². The van der Waals surface area contributed by atoms with Crippen LogP contribution in [0.25, 0.3) is 0 Å². The first-order valence-corrected chi connectivity index (χ1v) is 7.35. The van der Waals surface area contributed by atoms with Gasteiger partial charge in [-0.05, 0) is 32.9 Å². The summed E-state index contributed by atoms with van der Waals surface area (Å²) < 4.78 is 0. The van der Waals surface area contributed by atoms with Gasteiger partial charge in [-0.25, -0.2) is 0 Å². The Morgan fingerprint density at radius 1 is 0.750 bits per heavy atom. The van der Waals surface area contributed by atoms with Gasteiger partial charge in [0.1, 0.15) is 0 Å². The summed E-state index contributed by atoms with van der Waals surface area (Å²) in [5, 5.41) is 0. The van der Waals surface area contributed by atoms with E-state index in [1.807, 2.05) is 0 Å². The van der Waals surface area contributed by atoms with Crippen molar-refractivity contribution in [3.05, 3.63) is 0 Å². The highest BCUT2D eigenvalue weighted by molar-refractivity contribution is 4.63. The molecule has 0 aliphatic carbocycles. The standard InChI is InChI=1S/C15H33N/c1-5-7-9-11-13-15(14-16(3)4)12-10-8-6-2/h15H,5-14H2,1-4H3. The Hall–Kier alpha value is -0.0400. The van der Waals surface area contributed by atoms with Crippen LogP contribution in [0.15, 0.2) is 0 Å². The third-order valence-electron chi connectivity index (χ3n) is 3.31. The second kappa shape index (κ2) is 11.4. The topological polar surface area (TPSA) is 3.24 Å². The van der Waals surface area contributed by atoms with Crippen molar-refractivity contribution in [2.75, 3.05) is 20.6 Å². The number of hydrogen-bond acceptors (Lipinski definition) is 1. The van der Waals surface area contributed by atoms with Crippen molar-refractivity contribution < 1.29 is 0 Å². The SMILES string of the molecule is CCCCCCC(CCCCC)CN(C)C. The molecule has 0 N–H and O–H groups in total. The van der Waals surface area contributed by atoms with Crippen LogP contribution in [-0.4, -0.2) is 25.5 Å². The van der Waals surface area contributed by atoms with Crippen LogP contribution in [0.3, 0.4) is 0 Å². The molecule has 16 heavy (non-hydrogen) atoms. The zero-order valence-electron chi connectivity index (χ0n) is 12.1. The van der Waals surface area contributed by atoms with Crippen LogP contribution < -0.4 is 0 Å². The number of rotatable bonds is 11. The lowest BCUT2D eigenvalue weighted by Gasteiger charge is -2.21. The third-order valence-corrected chi connectivity index (χ3v) is 3.31. The fourth-order valence-electron chi connectivity index (χ4n) is 2.39. The third kappa shape index (κ3) is 10.5. The van der Waals surface area contributed by atoms with E-state index >= 15 is 0 Å². The minimum atomic E-state index is 0.943. The van der Waals surface area contributed by atoms with Crippen LogP contribution in [0, 0.1) is 5.92 Å². The first kappa shape index (κ1) is 16.0. The monoisotopic (exact) mass is 227 g/mol. The predicted octanol–water partition coefficient (Wildman–Crippen LogP) is 4.71. The molecule has 0 aliphatic heterocycles. The maximum Gasteiger partial charge on any atom is 0.000356 e. The molecule has 98 valence electrons. The second-order valence-corrected chi connectivity index (χ2v) is 5.47. The smallest absolute Gasteiger partial charge is 0.000356 e. The summed E-state index contributed by atoms with van der Waals surface area (Å²) in [5.41, 5.74) is 0. The Kier molecular flexibility index (Phi) is 11.4. The molecule has 0 saturated heterocycles. The molecule has 0 aromatic carbocycles. The lowest BCUT2D eigenvalue weighted by Crippen LogP contribution is -2.21. The van der Waals surface area contributed by atoms with Crippen LogP contribution >= 0.6 is 0 Å². The van der Waals surface area contributed by atoms with Gasteiger partial charge in [-0.2, -0.15) is 0 Å². The van der Waals surface area contributed by atoms with E-state index < -0.39 is 0 Å². The fraction of sp³-hybridized carbons (Fsp3) is 1.00.